The predicted molar refractivity (Wildman–Crippen MR) is 100 cm³/mol. The van der Waals surface area contributed by atoms with E-state index < -0.39 is 0 Å². The predicted octanol–water partition coefficient (Wildman–Crippen LogP) is 3.20. The van der Waals surface area contributed by atoms with Crippen molar-refractivity contribution >= 4 is 22.4 Å². The molecule has 0 saturated heterocycles. The number of pyridine rings is 2. The number of fused-ring (bicyclic) bond motifs is 2. The summed E-state index contributed by atoms with van der Waals surface area (Å²) in [6, 6.07) is 9.30. The quantitative estimate of drug-likeness (QED) is 0.690. The first-order valence-electron chi connectivity index (χ1n) is 8.68. The van der Waals surface area contributed by atoms with Crippen molar-refractivity contribution in [3.63, 3.8) is 0 Å². The van der Waals surface area contributed by atoms with Gasteiger partial charge in [-0.3, -0.25) is 9.69 Å². The van der Waals surface area contributed by atoms with Crippen LogP contribution in [0.3, 0.4) is 0 Å². The average Bonchev–Trinajstić information content (AvgIpc) is 3.09. The first kappa shape index (κ1) is 16.3. The van der Waals surface area contributed by atoms with Gasteiger partial charge in [-0.2, -0.15) is 4.98 Å². The molecular weight excluding hydrogens is 334 g/mol. The standard InChI is InChI=1S/C19H21N3O2S/c23-17-5-3-15-4-6-18(21-19(15)20-17)24-11-2-1-9-22-10-7-14-8-12-25-16(14)13-22/h3-6,8,12H,1-2,7,9-11,13H2,(H,20,21,23). The van der Waals surface area contributed by atoms with E-state index in [1.807, 2.05) is 23.5 Å². The third-order valence-corrected chi connectivity index (χ3v) is 5.53. The largest absolute Gasteiger partial charge is 0.478 e. The van der Waals surface area contributed by atoms with Crippen LogP contribution >= 0.6 is 11.3 Å². The minimum atomic E-state index is -0.146. The molecule has 0 aromatic carbocycles. The van der Waals surface area contributed by atoms with Crippen LogP contribution < -0.4 is 10.3 Å². The van der Waals surface area contributed by atoms with Crippen LogP contribution in [0.2, 0.25) is 0 Å². The highest BCUT2D eigenvalue weighted by Crippen LogP contribution is 2.24. The summed E-state index contributed by atoms with van der Waals surface area (Å²) < 4.78 is 5.74. The van der Waals surface area contributed by atoms with Crippen LogP contribution in [0.4, 0.5) is 0 Å². The smallest absolute Gasteiger partial charge is 0.249 e. The first-order valence-corrected chi connectivity index (χ1v) is 9.56. The van der Waals surface area contributed by atoms with Crippen LogP contribution in [0, 0.1) is 0 Å². The molecule has 5 nitrogen and oxygen atoms in total. The second-order valence-electron chi connectivity index (χ2n) is 6.36. The molecule has 0 saturated carbocycles. The molecule has 1 N–H and O–H groups in total. The van der Waals surface area contributed by atoms with Crippen molar-refractivity contribution in [2.75, 3.05) is 19.7 Å². The molecule has 3 aromatic rings. The topological polar surface area (TPSA) is 58.2 Å². The maximum Gasteiger partial charge on any atom is 0.249 e. The van der Waals surface area contributed by atoms with E-state index in [1.165, 1.54) is 22.9 Å². The van der Waals surface area contributed by atoms with Crippen molar-refractivity contribution in [2.45, 2.75) is 25.8 Å². The normalized spacial score (nSPS) is 14.6. The van der Waals surface area contributed by atoms with Gasteiger partial charge in [-0.1, -0.05) is 0 Å². The summed E-state index contributed by atoms with van der Waals surface area (Å²) in [5.41, 5.74) is 1.96. The highest BCUT2D eigenvalue weighted by atomic mass is 32.1. The van der Waals surface area contributed by atoms with Gasteiger partial charge in [0.05, 0.1) is 6.61 Å². The molecule has 0 bridgehead atoms. The lowest BCUT2D eigenvalue weighted by Crippen LogP contribution is -2.30. The van der Waals surface area contributed by atoms with Crippen LogP contribution in [-0.2, 0) is 13.0 Å². The number of hydrogen-bond acceptors (Lipinski definition) is 5. The monoisotopic (exact) mass is 355 g/mol. The molecule has 0 unspecified atom stereocenters. The Morgan fingerprint density at radius 3 is 3.08 bits per heavy atom. The van der Waals surface area contributed by atoms with E-state index in [1.54, 1.807) is 6.07 Å². The maximum absolute atomic E-state index is 11.4. The van der Waals surface area contributed by atoms with Gasteiger partial charge in [0.1, 0.15) is 5.65 Å². The SMILES string of the molecule is O=c1ccc2ccc(OCCCCN3CCc4ccsc4C3)nc2[nH]1. The molecule has 0 fully saturated rings. The molecule has 0 radical (unpaired) electrons. The fraction of sp³-hybridized carbons (Fsp3) is 0.368. The molecule has 0 amide bonds. The number of hydrogen-bond donors (Lipinski definition) is 1. The van der Waals surface area contributed by atoms with Gasteiger partial charge < -0.3 is 9.72 Å². The maximum atomic E-state index is 11.4. The second kappa shape index (κ2) is 7.37. The molecule has 6 heteroatoms. The Morgan fingerprint density at radius 2 is 2.12 bits per heavy atom. The number of ether oxygens (including phenoxy) is 1. The van der Waals surface area contributed by atoms with Crippen molar-refractivity contribution in [2.24, 2.45) is 0 Å². The number of aromatic amines is 1. The molecule has 3 aromatic heterocycles. The number of unbranched alkanes of at least 4 members (excludes halogenated alkanes) is 1. The lowest BCUT2D eigenvalue weighted by molar-refractivity contribution is 0.235. The van der Waals surface area contributed by atoms with E-state index in [9.17, 15) is 4.79 Å². The summed E-state index contributed by atoms with van der Waals surface area (Å²) in [6.07, 6.45) is 3.29. The minimum Gasteiger partial charge on any atom is -0.478 e. The number of rotatable bonds is 6. The Balaban J connectivity index is 1.23. The summed E-state index contributed by atoms with van der Waals surface area (Å²) in [6.45, 7) is 4.00. The van der Waals surface area contributed by atoms with E-state index in [4.69, 9.17) is 4.74 Å². The lowest BCUT2D eigenvalue weighted by Gasteiger charge is -2.26. The van der Waals surface area contributed by atoms with Crippen LogP contribution in [-0.4, -0.2) is 34.6 Å². The summed E-state index contributed by atoms with van der Waals surface area (Å²) in [4.78, 5) is 22.5. The zero-order valence-corrected chi connectivity index (χ0v) is 14.8. The fourth-order valence-corrected chi connectivity index (χ4v) is 4.16. The van der Waals surface area contributed by atoms with Crippen LogP contribution in [0.1, 0.15) is 23.3 Å². The molecule has 0 spiro atoms. The zero-order valence-electron chi connectivity index (χ0n) is 14.0. The number of nitrogens with one attached hydrogen (secondary N) is 1. The number of aromatic nitrogens is 2. The third-order valence-electron chi connectivity index (χ3n) is 4.58. The van der Waals surface area contributed by atoms with Crippen molar-refractivity contribution in [3.8, 4) is 5.88 Å². The molecule has 0 aliphatic carbocycles. The molecular formula is C19H21N3O2S. The summed E-state index contributed by atoms with van der Waals surface area (Å²) in [7, 11) is 0. The second-order valence-corrected chi connectivity index (χ2v) is 7.36. The minimum absolute atomic E-state index is 0.146. The molecule has 1 aliphatic heterocycles. The Labute approximate surface area is 150 Å². The van der Waals surface area contributed by atoms with Gasteiger partial charge in [0.2, 0.25) is 11.4 Å². The zero-order chi connectivity index (χ0) is 17.1. The molecule has 1 aliphatic rings. The number of H-pyrrole nitrogens is 1. The van der Waals surface area contributed by atoms with Crippen molar-refractivity contribution in [3.05, 3.63) is 56.5 Å². The molecule has 25 heavy (non-hydrogen) atoms. The van der Waals surface area contributed by atoms with Crippen molar-refractivity contribution in [1.82, 2.24) is 14.9 Å². The van der Waals surface area contributed by atoms with Crippen molar-refractivity contribution < 1.29 is 4.74 Å². The molecule has 0 atom stereocenters. The van der Waals surface area contributed by atoms with Crippen LogP contribution in [0.25, 0.3) is 11.0 Å². The Bertz CT molecular complexity index is 918. The Hall–Kier alpha value is -2.18. The van der Waals surface area contributed by atoms with Gasteiger partial charge in [0.25, 0.3) is 0 Å². The lowest BCUT2D eigenvalue weighted by atomic mass is 10.1. The highest BCUT2D eigenvalue weighted by Gasteiger charge is 2.16. The summed E-state index contributed by atoms with van der Waals surface area (Å²) in [5.74, 6) is 0.565. The fourth-order valence-electron chi connectivity index (χ4n) is 3.19. The van der Waals surface area contributed by atoms with E-state index >= 15 is 0 Å². The molecule has 130 valence electrons. The van der Waals surface area contributed by atoms with Crippen LogP contribution in [0.15, 0.2) is 40.5 Å². The number of nitrogens with zero attached hydrogens (tertiary/aromatic N) is 2. The van der Waals surface area contributed by atoms with E-state index in [-0.39, 0.29) is 5.56 Å². The van der Waals surface area contributed by atoms with Gasteiger partial charge in [0, 0.05) is 35.5 Å². The van der Waals surface area contributed by atoms with Gasteiger partial charge in [-0.15, -0.1) is 11.3 Å². The van der Waals surface area contributed by atoms with E-state index in [0.29, 0.717) is 18.1 Å². The first-order chi connectivity index (χ1) is 12.3. The Morgan fingerprint density at radius 1 is 1.20 bits per heavy atom. The molecule has 4 heterocycles. The van der Waals surface area contributed by atoms with E-state index in [2.05, 4.69) is 26.3 Å². The Kier molecular flexibility index (Phi) is 4.81. The molecule has 4 rings (SSSR count). The third kappa shape index (κ3) is 3.91. The van der Waals surface area contributed by atoms with Gasteiger partial charge in [0.15, 0.2) is 0 Å². The van der Waals surface area contributed by atoms with Gasteiger partial charge >= 0.3 is 0 Å². The summed E-state index contributed by atoms with van der Waals surface area (Å²) in [5, 5.41) is 3.11. The van der Waals surface area contributed by atoms with Crippen molar-refractivity contribution in [1.29, 1.82) is 0 Å². The van der Waals surface area contributed by atoms with Gasteiger partial charge in [-0.05, 0) is 54.9 Å². The van der Waals surface area contributed by atoms with Gasteiger partial charge in [-0.25, -0.2) is 0 Å². The average molecular weight is 355 g/mol. The highest BCUT2D eigenvalue weighted by molar-refractivity contribution is 7.10. The van der Waals surface area contributed by atoms with E-state index in [0.717, 1.165) is 37.9 Å². The number of thiophene rings is 1. The van der Waals surface area contributed by atoms with Crippen LogP contribution in [0.5, 0.6) is 5.88 Å². The summed E-state index contributed by atoms with van der Waals surface area (Å²) >= 11 is 1.87.